The van der Waals surface area contributed by atoms with Crippen molar-refractivity contribution in [1.29, 1.82) is 5.26 Å². The van der Waals surface area contributed by atoms with Gasteiger partial charge in [-0.2, -0.15) is 5.26 Å². The summed E-state index contributed by atoms with van der Waals surface area (Å²) in [6, 6.07) is 17.8. The van der Waals surface area contributed by atoms with E-state index in [1.807, 2.05) is 79.7 Å². The summed E-state index contributed by atoms with van der Waals surface area (Å²) in [5, 5.41) is 7.32. The van der Waals surface area contributed by atoms with Crippen molar-refractivity contribution in [3.8, 4) is 52.1 Å². The molecule has 11 heteroatoms. The van der Waals surface area contributed by atoms with Gasteiger partial charge in [-0.05, 0) is 116 Å². The average Bonchev–Trinajstić information content (AvgIpc) is 3.26. The standard InChI is InChI=1S/C51H60O10.C2H3N/c1-9-54-44-26-36-19-38-28-50(60-15-7)40(30-48(38)58-13-5)21-41-31-49(59-14-6)39(29-51(41)61-16-8)20-37-27-45(55-10-2)35(25-47(37)57-12-4)18-33-23-42(52)32(22-43(33)53)17-34(44)24-46(36)56-11-3;1-2-3/h22-31H,9-21H2,1-8H3;1H3. The van der Waals surface area contributed by atoms with Crippen LogP contribution in [0.1, 0.15) is 107 Å². The van der Waals surface area contributed by atoms with E-state index in [2.05, 4.69) is 24.3 Å². The molecule has 340 valence electrons. The van der Waals surface area contributed by atoms with Crippen LogP contribution in [0.5, 0.6) is 46.0 Å². The van der Waals surface area contributed by atoms with Gasteiger partial charge in [0.05, 0.1) is 58.9 Å². The Morgan fingerprint density at radius 2 is 0.516 bits per heavy atom. The Kier molecular flexibility index (Phi) is 18.1. The highest BCUT2D eigenvalue weighted by Gasteiger charge is 2.26. The lowest BCUT2D eigenvalue weighted by Crippen LogP contribution is -2.17. The first kappa shape index (κ1) is 48.6. The third-order valence-corrected chi connectivity index (χ3v) is 10.5. The molecular weight excluding hydrogens is 811 g/mol. The number of benzene rings is 4. The molecule has 0 spiro atoms. The molecule has 0 aromatic heterocycles. The summed E-state index contributed by atoms with van der Waals surface area (Å²) in [5.74, 6) is 5.01. The van der Waals surface area contributed by atoms with Gasteiger partial charge in [-0.3, -0.25) is 9.59 Å². The van der Waals surface area contributed by atoms with E-state index in [0.29, 0.717) is 106 Å². The molecule has 4 aromatic rings. The Balaban J connectivity index is 0.00000250. The van der Waals surface area contributed by atoms with Gasteiger partial charge in [0.15, 0.2) is 11.6 Å². The van der Waals surface area contributed by atoms with Gasteiger partial charge in [-0.1, -0.05) is 0 Å². The molecule has 0 radical (unpaired) electrons. The van der Waals surface area contributed by atoms with Gasteiger partial charge >= 0.3 is 0 Å². The second-order valence-corrected chi connectivity index (χ2v) is 14.9. The fraction of sp³-hybridized carbons (Fsp3) is 0.415. The number of allylic oxidation sites excluding steroid dienone is 4. The zero-order valence-electron chi connectivity index (χ0n) is 39.0. The zero-order valence-corrected chi connectivity index (χ0v) is 39.0. The molecule has 0 unspecified atom stereocenters. The predicted molar refractivity (Wildman–Crippen MR) is 248 cm³/mol. The lowest BCUT2D eigenvalue weighted by molar-refractivity contribution is -0.115. The number of rotatable bonds is 16. The normalized spacial score (nSPS) is 13.2. The Morgan fingerprint density at radius 3 is 0.672 bits per heavy atom. The van der Waals surface area contributed by atoms with Gasteiger partial charge in [0.1, 0.15) is 46.0 Å². The molecule has 11 aliphatic rings. The van der Waals surface area contributed by atoms with Crippen molar-refractivity contribution < 1.29 is 47.5 Å². The Labute approximate surface area is 378 Å². The summed E-state index contributed by atoms with van der Waals surface area (Å²) in [6.45, 7) is 20.6. The number of nitrogens with zero attached hydrogens (tertiary/aromatic N) is 1. The van der Waals surface area contributed by atoms with Crippen LogP contribution in [0, 0.1) is 11.3 Å². The number of nitriles is 1. The maximum atomic E-state index is 13.9. The molecule has 0 atom stereocenters. The van der Waals surface area contributed by atoms with E-state index >= 15 is 0 Å². The van der Waals surface area contributed by atoms with Crippen molar-refractivity contribution in [2.75, 3.05) is 52.9 Å². The SMILES string of the molecule is CC#N.CCOc1cc2c(OCC)cc1CC1=CC(=O)C(=CC1=O)Cc1cc(OCC)c(cc1OCC)Cc1cc(OCC)c(cc1OCC)Cc1cc(OCC)c(cc1OCC)C2. The molecule has 0 fully saturated rings. The molecule has 10 bridgehead atoms. The van der Waals surface area contributed by atoms with E-state index in [0.717, 1.165) is 67.5 Å². The summed E-state index contributed by atoms with van der Waals surface area (Å²) in [4.78, 5) is 27.7. The largest absolute Gasteiger partial charge is 0.494 e. The van der Waals surface area contributed by atoms with Crippen molar-refractivity contribution in [2.24, 2.45) is 0 Å². The van der Waals surface area contributed by atoms with Gasteiger partial charge in [0, 0.05) is 94.7 Å². The minimum Gasteiger partial charge on any atom is -0.494 e. The van der Waals surface area contributed by atoms with E-state index < -0.39 is 0 Å². The molecule has 0 amide bonds. The predicted octanol–water partition coefficient (Wildman–Crippen LogP) is 10.3. The van der Waals surface area contributed by atoms with Crippen LogP contribution in [0.25, 0.3) is 0 Å². The monoisotopic (exact) mass is 873 g/mol. The number of ether oxygens (including phenoxy) is 8. The molecule has 0 N–H and O–H groups in total. The number of ketones is 2. The average molecular weight is 874 g/mol. The maximum absolute atomic E-state index is 13.9. The molecule has 0 saturated heterocycles. The quantitative estimate of drug-likeness (QED) is 0.0997. The van der Waals surface area contributed by atoms with Crippen molar-refractivity contribution in [1.82, 2.24) is 0 Å². The van der Waals surface area contributed by atoms with E-state index in [-0.39, 0.29) is 24.4 Å². The van der Waals surface area contributed by atoms with E-state index in [9.17, 15) is 9.59 Å². The molecule has 0 heterocycles. The first-order chi connectivity index (χ1) is 31.1. The van der Waals surface area contributed by atoms with Crippen LogP contribution in [0.15, 0.2) is 71.8 Å². The maximum Gasteiger partial charge on any atom is 0.182 e. The third-order valence-electron chi connectivity index (χ3n) is 10.5. The van der Waals surface area contributed by atoms with Gasteiger partial charge in [0.2, 0.25) is 0 Å². The van der Waals surface area contributed by atoms with E-state index in [1.165, 1.54) is 19.1 Å². The summed E-state index contributed by atoms with van der Waals surface area (Å²) in [6.07, 6.45) is 4.71. The second kappa shape index (κ2) is 23.9. The first-order valence-corrected chi connectivity index (χ1v) is 22.5. The van der Waals surface area contributed by atoms with E-state index in [1.54, 1.807) is 6.07 Å². The molecule has 11 nitrogen and oxygen atoms in total. The summed E-state index contributed by atoms with van der Waals surface area (Å²) in [5.41, 5.74) is 7.75. The summed E-state index contributed by atoms with van der Waals surface area (Å²) < 4.78 is 50.4. The van der Waals surface area contributed by atoms with Crippen molar-refractivity contribution in [3.05, 3.63) is 116 Å². The Hall–Kier alpha value is -6.41. The molecule has 0 aliphatic heterocycles. The molecule has 64 heavy (non-hydrogen) atoms. The van der Waals surface area contributed by atoms with Crippen molar-refractivity contribution in [2.45, 2.75) is 94.4 Å². The topological polar surface area (TPSA) is 132 Å². The van der Waals surface area contributed by atoms with Gasteiger partial charge in [0.25, 0.3) is 0 Å². The van der Waals surface area contributed by atoms with Crippen LogP contribution in [0.4, 0.5) is 0 Å². The summed E-state index contributed by atoms with van der Waals surface area (Å²) in [7, 11) is 0. The second-order valence-electron chi connectivity index (χ2n) is 14.9. The molecule has 4 aromatic carbocycles. The van der Waals surface area contributed by atoms with Gasteiger partial charge in [-0.25, -0.2) is 0 Å². The first-order valence-electron chi connectivity index (χ1n) is 22.5. The highest BCUT2D eigenvalue weighted by molar-refractivity contribution is 6.20. The Morgan fingerprint density at radius 1 is 0.359 bits per heavy atom. The number of carbonyl (C=O) groups excluding carboxylic acids is 2. The fourth-order valence-electron chi connectivity index (χ4n) is 7.95. The molecular formula is C53H63NO10. The molecule has 0 saturated carbocycles. The smallest absolute Gasteiger partial charge is 0.182 e. The van der Waals surface area contributed by atoms with Gasteiger partial charge in [-0.15, -0.1) is 0 Å². The van der Waals surface area contributed by atoms with Crippen LogP contribution in [0.2, 0.25) is 0 Å². The van der Waals surface area contributed by atoms with Crippen molar-refractivity contribution in [3.63, 3.8) is 0 Å². The number of carbonyl (C=O) groups is 2. The van der Waals surface area contributed by atoms with Crippen LogP contribution in [-0.2, 0) is 41.7 Å². The number of hydrogen-bond acceptors (Lipinski definition) is 11. The minimum atomic E-state index is -0.230. The van der Waals surface area contributed by atoms with Crippen LogP contribution < -0.4 is 37.9 Å². The number of hydrogen-bond donors (Lipinski definition) is 0. The minimum absolute atomic E-state index is 0.192. The lowest BCUT2D eigenvalue weighted by atomic mass is 9.88. The van der Waals surface area contributed by atoms with Crippen LogP contribution >= 0.6 is 0 Å². The summed E-state index contributed by atoms with van der Waals surface area (Å²) >= 11 is 0. The van der Waals surface area contributed by atoms with Crippen molar-refractivity contribution >= 4 is 11.6 Å². The zero-order chi connectivity index (χ0) is 46.2. The van der Waals surface area contributed by atoms with Crippen LogP contribution in [0.3, 0.4) is 0 Å². The lowest BCUT2D eigenvalue weighted by Gasteiger charge is -2.21. The fourth-order valence-corrected chi connectivity index (χ4v) is 7.95. The highest BCUT2D eigenvalue weighted by Crippen LogP contribution is 2.41. The Bertz CT molecular complexity index is 2230. The highest BCUT2D eigenvalue weighted by atomic mass is 16.5. The third kappa shape index (κ3) is 12.0. The van der Waals surface area contributed by atoms with Crippen LogP contribution in [-0.4, -0.2) is 64.4 Å². The molecule has 15 rings (SSSR count). The molecule has 11 aliphatic carbocycles. The van der Waals surface area contributed by atoms with Gasteiger partial charge < -0.3 is 37.9 Å². The van der Waals surface area contributed by atoms with E-state index in [4.69, 9.17) is 43.2 Å².